The third-order valence-corrected chi connectivity index (χ3v) is 7.84. The number of rotatable bonds is 7. The van der Waals surface area contributed by atoms with Gasteiger partial charge in [0.25, 0.3) is 0 Å². The number of fused-ring (bicyclic) bond motifs is 2. The summed E-state index contributed by atoms with van der Waals surface area (Å²) in [5.41, 5.74) is 1.21. The largest absolute Gasteiger partial charge is 0.497 e. The van der Waals surface area contributed by atoms with Crippen LogP contribution in [0.15, 0.2) is 35.9 Å². The minimum atomic E-state index is -0.722. The van der Waals surface area contributed by atoms with Crippen LogP contribution >= 0.6 is 0 Å². The van der Waals surface area contributed by atoms with E-state index in [-0.39, 0.29) is 12.1 Å². The fraction of sp³-hybridized carbons (Fsp3) is 0.680. The normalized spacial score (nSPS) is 31.1. The first kappa shape index (κ1) is 21.7. The van der Waals surface area contributed by atoms with Gasteiger partial charge in [0, 0.05) is 18.1 Å². The Bertz CT molecular complexity index is 733. The van der Waals surface area contributed by atoms with Crippen molar-refractivity contribution in [2.75, 3.05) is 26.9 Å². The third kappa shape index (κ3) is 4.12. The maximum absolute atomic E-state index is 10.3. The van der Waals surface area contributed by atoms with E-state index in [1.54, 1.807) is 7.11 Å². The second-order valence-corrected chi connectivity index (χ2v) is 9.45. The van der Waals surface area contributed by atoms with E-state index in [0.29, 0.717) is 17.9 Å². The van der Waals surface area contributed by atoms with E-state index >= 15 is 0 Å². The minimum Gasteiger partial charge on any atom is -0.497 e. The number of hydrogen-bond acceptors (Lipinski definition) is 5. The summed E-state index contributed by atoms with van der Waals surface area (Å²) >= 11 is 0. The van der Waals surface area contributed by atoms with Crippen LogP contribution in [0.1, 0.15) is 51.9 Å². The first-order valence-corrected chi connectivity index (χ1v) is 11.6. The lowest BCUT2D eigenvalue weighted by molar-refractivity contribution is -0.0477. The first-order valence-electron chi connectivity index (χ1n) is 11.6. The molecule has 1 spiro atoms. The summed E-state index contributed by atoms with van der Waals surface area (Å²) in [6, 6.07) is 8.41. The molecule has 5 atom stereocenters. The maximum Gasteiger partial charge on any atom is 0.119 e. The molecule has 1 aromatic carbocycles. The molecule has 0 bridgehead atoms. The fourth-order valence-electron chi connectivity index (χ4n) is 6.32. The summed E-state index contributed by atoms with van der Waals surface area (Å²) in [5.74, 6) is 2.80. The van der Waals surface area contributed by atoms with E-state index in [1.165, 1.54) is 38.5 Å². The highest BCUT2D eigenvalue weighted by Crippen LogP contribution is 2.52. The molecule has 30 heavy (non-hydrogen) atoms. The SMILES string of the molecule is COc1ccc(OC[C@H](C)[C@H]2CCC[C@]23CCC[C@@H]2CC=C(C(O)CO)CN23)cc1. The number of hydrogen-bond donors (Lipinski definition) is 2. The van der Waals surface area contributed by atoms with Gasteiger partial charge in [0.15, 0.2) is 0 Å². The number of nitrogens with zero attached hydrogens (tertiary/aromatic N) is 1. The lowest BCUT2D eigenvalue weighted by Gasteiger charge is -2.56. The Labute approximate surface area is 180 Å². The number of ether oxygens (including phenoxy) is 2. The zero-order valence-corrected chi connectivity index (χ0v) is 18.4. The van der Waals surface area contributed by atoms with Crippen LogP contribution in [-0.2, 0) is 0 Å². The predicted molar refractivity (Wildman–Crippen MR) is 118 cm³/mol. The van der Waals surface area contributed by atoms with Gasteiger partial charge in [-0.3, -0.25) is 4.90 Å². The van der Waals surface area contributed by atoms with E-state index in [1.807, 2.05) is 24.3 Å². The van der Waals surface area contributed by atoms with Crippen molar-refractivity contribution in [1.29, 1.82) is 0 Å². The van der Waals surface area contributed by atoms with Gasteiger partial charge in [-0.1, -0.05) is 25.8 Å². The fourth-order valence-corrected chi connectivity index (χ4v) is 6.32. The molecule has 2 fully saturated rings. The second-order valence-electron chi connectivity index (χ2n) is 9.45. The molecular formula is C25H37NO4. The van der Waals surface area contributed by atoms with Crippen LogP contribution in [-0.4, -0.2) is 59.7 Å². The number of methoxy groups -OCH3 is 1. The molecule has 2 N–H and O–H groups in total. The number of piperidine rings is 1. The lowest BCUT2D eigenvalue weighted by atomic mass is 9.70. The van der Waals surface area contributed by atoms with Crippen LogP contribution in [0, 0.1) is 11.8 Å². The summed E-state index contributed by atoms with van der Waals surface area (Å²) in [4.78, 5) is 2.71. The molecular weight excluding hydrogens is 378 g/mol. The Morgan fingerprint density at radius 3 is 2.53 bits per heavy atom. The molecule has 4 rings (SSSR count). The molecule has 0 amide bonds. The van der Waals surface area contributed by atoms with E-state index in [2.05, 4.69) is 17.9 Å². The zero-order valence-electron chi connectivity index (χ0n) is 18.4. The van der Waals surface area contributed by atoms with Gasteiger partial charge in [-0.2, -0.15) is 0 Å². The molecule has 2 aliphatic heterocycles. The van der Waals surface area contributed by atoms with Gasteiger partial charge in [-0.05, 0) is 73.8 Å². The molecule has 3 aliphatic rings. The van der Waals surface area contributed by atoms with Crippen molar-refractivity contribution in [3.05, 3.63) is 35.9 Å². The monoisotopic (exact) mass is 415 g/mol. The van der Waals surface area contributed by atoms with Gasteiger partial charge < -0.3 is 19.7 Å². The molecule has 0 radical (unpaired) electrons. The Morgan fingerprint density at radius 1 is 1.13 bits per heavy atom. The Morgan fingerprint density at radius 2 is 1.83 bits per heavy atom. The van der Waals surface area contributed by atoms with Gasteiger partial charge in [0.1, 0.15) is 11.5 Å². The van der Waals surface area contributed by atoms with Crippen LogP contribution < -0.4 is 9.47 Å². The number of aliphatic hydroxyl groups excluding tert-OH is 2. The number of aliphatic hydroxyl groups is 2. The van der Waals surface area contributed by atoms with Gasteiger partial charge in [-0.15, -0.1) is 0 Å². The molecule has 5 nitrogen and oxygen atoms in total. The Balaban J connectivity index is 1.47. The molecule has 2 heterocycles. The molecule has 5 heteroatoms. The Hall–Kier alpha value is -1.56. The van der Waals surface area contributed by atoms with Crippen LogP contribution in [0.3, 0.4) is 0 Å². The molecule has 1 saturated heterocycles. The average molecular weight is 416 g/mol. The summed E-state index contributed by atoms with van der Waals surface area (Å²) in [6.45, 7) is 3.68. The van der Waals surface area contributed by atoms with Crippen LogP contribution in [0.4, 0.5) is 0 Å². The smallest absolute Gasteiger partial charge is 0.119 e. The van der Waals surface area contributed by atoms with Crippen molar-refractivity contribution in [2.24, 2.45) is 11.8 Å². The van der Waals surface area contributed by atoms with Crippen molar-refractivity contribution in [1.82, 2.24) is 4.90 Å². The van der Waals surface area contributed by atoms with Crippen molar-refractivity contribution in [3.8, 4) is 11.5 Å². The quantitative estimate of drug-likeness (QED) is 0.664. The minimum absolute atomic E-state index is 0.188. The topological polar surface area (TPSA) is 62.2 Å². The maximum atomic E-state index is 10.3. The second kappa shape index (κ2) is 9.29. The van der Waals surface area contributed by atoms with Crippen LogP contribution in [0.5, 0.6) is 11.5 Å². The van der Waals surface area contributed by atoms with Crippen molar-refractivity contribution in [2.45, 2.75) is 69.6 Å². The zero-order chi connectivity index (χ0) is 21.1. The first-order chi connectivity index (χ1) is 14.6. The lowest BCUT2D eigenvalue weighted by Crippen LogP contribution is -2.61. The van der Waals surface area contributed by atoms with E-state index < -0.39 is 6.10 Å². The Kier molecular flexibility index (Phi) is 6.71. The van der Waals surface area contributed by atoms with Gasteiger partial charge in [0.05, 0.1) is 26.4 Å². The molecule has 1 aromatic rings. The standard InChI is InChI=1S/C25H37NO4/c1-18(17-30-22-11-9-21(29-2)10-12-22)23-6-4-14-25(23)13-3-5-20-8-7-19(15-26(20)25)24(28)16-27/h7,9-12,18,20,23-24,27-28H,3-6,8,13-17H2,1-2H3/t18-,20+,23+,24?,25+/m0/s1. The number of benzene rings is 1. The van der Waals surface area contributed by atoms with E-state index in [4.69, 9.17) is 9.47 Å². The van der Waals surface area contributed by atoms with Crippen LogP contribution in [0.25, 0.3) is 0 Å². The summed E-state index contributed by atoms with van der Waals surface area (Å²) in [5, 5.41) is 19.7. The molecule has 1 saturated carbocycles. The summed E-state index contributed by atoms with van der Waals surface area (Å²) in [7, 11) is 1.68. The molecule has 166 valence electrons. The predicted octanol–water partition coefficient (Wildman–Crippen LogP) is 3.79. The highest BCUT2D eigenvalue weighted by molar-refractivity contribution is 5.31. The van der Waals surface area contributed by atoms with Crippen molar-refractivity contribution in [3.63, 3.8) is 0 Å². The molecule has 1 aliphatic carbocycles. The third-order valence-electron chi connectivity index (χ3n) is 7.84. The van der Waals surface area contributed by atoms with Gasteiger partial charge >= 0.3 is 0 Å². The van der Waals surface area contributed by atoms with Crippen molar-refractivity contribution >= 4 is 0 Å². The molecule has 1 unspecified atom stereocenters. The summed E-state index contributed by atoms with van der Waals surface area (Å²) in [6.07, 6.45) is 9.98. The highest BCUT2D eigenvalue weighted by atomic mass is 16.5. The van der Waals surface area contributed by atoms with E-state index in [0.717, 1.165) is 36.6 Å². The van der Waals surface area contributed by atoms with Gasteiger partial charge in [0.2, 0.25) is 0 Å². The average Bonchev–Trinajstić information content (AvgIpc) is 3.21. The highest BCUT2D eigenvalue weighted by Gasteiger charge is 2.53. The van der Waals surface area contributed by atoms with Crippen LogP contribution in [0.2, 0.25) is 0 Å². The summed E-state index contributed by atoms with van der Waals surface area (Å²) < 4.78 is 11.4. The van der Waals surface area contributed by atoms with Gasteiger partial charge in [-0.25, -0.2) is 0 Å². The molecule has 0 aromatic heterocycles. The van der Waals surface area contributed by atoms with E-state index in [9.17, 15) is 10.2 Å². The van der Waals surface area contributed by atoms with Crippen molar-refractivity contribution < 1.29 is 19.7 Å².